The summed E-state index contributed by atoms with van der Waals surface area (Å²) in [5.41, 5.74) is 1.24. The molecule has 4 amide bonds. The molecular weight excluding hydrogens is 320 g/mol. The standard InChI is InChI=1S/C18H26N4O3/c1-13(14-3-5-16(25-2)6-4-14)7-8-19-17(23)21-9-10-22-15(12-21)11-20-18(22)24/h3-6,13,15H,7-12H2,1-2H3,(H,19,23)(H,20,24). The van der Waals surface area contributed by atoms with Crippen molar-refractivity contribution in [2.75, 3.05) is 39.8 Å². The summed E-state index contributed by atoms with van der Waals surface area (Å²) >= 11 is 0. The van der Waals surface area contributed by atoms with Gasteiger partial charge < -0.3 is 25.2 Å². The number of nitrogens with zero attached hydrogens (tertiary/aromatic N) is 2. The number of fused-ring (bicyclic) bond motifs is 1. The molecule has 0 saturated carbocycles. The van der Waals surface area contributed by atoms with Crippen molar-refractivity contribution in [3.8, 4) is 5.75 Å². The van der Waals surface area contributed by atoms with Crippen LogP contribution >= 0.6 is 0 Å². The van der Waals surface area contributed by atoms with Gasteiger partial charge in [0.1, 0.15) is 5.75 Å². The van der Waals surface area contributed by atoms with Crippen LogP contribution in [0.2, 0.25) is 0 Å². The summed E-state index contributed by atoms with van der Waals surface area (Å²) in [7, 11) is 1.66. The fourth-order valence-electron chi connectivity index (χ4n) is 3.40. The summed E-state index contributed by atoms with van der Waals surface area (Å²) < 4.78 is 5.17. The summed E-state index contributed by atoms with van der Waals surface area (Å²) in [6.45, 7) is 5.20. The average Bonchev–Trinajstić information content (AvgIpc) is 3.02. The lowest BCUT2D eigenvalue weighted by Gasteiger charge is -2.36. The van der Waals surface area contributed by atoms with Gasteiger partial charge in [0, 0.05) is 32.7 Å². The van der Waals surface area contributed by atoms with Crippen molar-refractivity contribution in [2.24, 2.45) is 0 Å². The van der Waals surface area contributed by atoms with E-state index in [-0.39, 0.29) is 18.1 Å². The fraction of sp³-hybridized carbons (Fsp3) is 0.556. The lowest BCUT2D eigenvalue weighted by Crippen LogP contribution is -2.56. The minimum atomic E-state index is -0.0408. The highest BCUT2D eigenvalue weighted by Crippen LogP contribution is 2.21. The molecule has 2 aliphatic heterocycles. The van der Waals surface area contributed by atoms with Gasteiger partial charge in [0.2, 0.25) is 0 Å². The van der Waals surface area contributed by atoms with E-state index < -0.39 is 0 Å². The van der Waals surface area contributed by atoms with E-state index in [0.29, 0.717) is 38.6 Å². The summed E-state index contributed by atoms with van der Waals surface area (Å²) in [4.78, 5) is 27.6. The first-order valence-corrected chi connectivity index (χ1v) is 8.79. The number of carbonyl (C=O) groups excluding carboxylic acids is 2. The predicted octanol–water partition coefficient (Wildman–Crippen LogP) is 1.61. The van der Waals surface area contributed by atoms with Gasteiger partial charge in [0.15, 0.2) is 0 Å². The van der Waals surface area contributed by atoms with Crippen LogP contribution in [0.3, 0.4) is 0 Å². The highest BCUT2D eigenvalue weighted by atomic mass is 16.5. The lowest BCUT2D eigenvalue weighted by atomic mass is 9.98. The maximum atomic E-state index is 12.3. The third-order valence-electron chi connectivity index (χ3n) is 5.06. The predicted molar refractivity (Wildman–Crippen MR) is 94.9 cm³/mol. The quantitative estimate of drug-likeness (QED) is 0.851. The fourth-order valence-corrected chi connectivity index (χ4v) is 3.40. The topological polar surface area (TPSA) is 73.9 Å². The Morgan fingerprint density at radius 1 is 1.36 bits per heavy atom. The second-order valence-corrected chi connectivity index (χ2v) is 6.67. The molecule has 2 atom stereocenters. The molecule has 136 valence electrons. The van der Waals surface area contributed by atoms with Gasteiger partial charge in [0.25, 0.3) is 0 Å². The minimum absolute atomic E-state index is 0.0154. The highest BCUT2D eigenvalue weighted by Gasteiger charge is 2.36. The van der Waals surface area contributed by atoms with Gasteiger partial charge in [0.05, 0.1) is 13.2 Å². The molecule has 2 saturated heterocycles. The molecule has 7 nitrogen and oxygen atoms in total. The van der Waals surface area contributed by atoms with E-state index in [1.165, 1.54) is 5.56 Å². The first-order chi connectivity index (χ1) is 12.1. The molecule has 2 aliphatic rings. The van der Waals surface area contributed by atoms with Crippen LogP contribution in [-0.4, -0.2) is 67.7 Å². The zero-order chi connectivity index (χ0) is 17.8. The van der Waals surface area contributed by atoms with Crippen molar-refractivity contribution in [1.29, 1.82) is 0 Å². The molecular formula is C18H26N4O3. The Kier molecular flexibility index (Phi) is 5.31. The van der Waals surface area contributed by atoms with Gasteiger partial charge in [-0.2, -0.15) is 0 Å². The normalized spacial score (nSPS) is 20.7. The van der Waals surface area contributed by atoms with E-state index in [1.807, 2.05) is 17.0 Å². The van der Waals surface area contributed by atoms with Gasteiger partial charge in [-0.3, -0.25) is 0 Å². The number of rotatable bonds is 5. The van der Waals surface area contributed by atoms with Crippen LogP contribution < -0.4 is 15.4 Å². The number of hydrogen-bond donors (Lipinski definition) is 2. The van der Waals surface area contributed by atoms with E-state index in [2.05, 4.69) is 29.7 Å². The molecule has 0 aromatic heterocycles. The zero-order valence-electron chi connectivity index (χ0n) is 14.8. The van der Waals surface area contributed by atoms with Crippen molar-refractivity contribution in [3.05, 3.63) is 29.8 Å². The third-order valence-corrected chi connectivity index (χ3v) is 5.06. The first kappa shape index (κ1) is 17.4. The number of hydrogen-bond acceptors (Lipinski definition) is 3. The summed E-state index contributed by atoms with van der Waals surface area (Å²) in [6.07, 6.45) is 0.876. The average molecular weight is 346 g/mol. The molecule has 0 spiro atoms. The summed E-state index contributed by atoms with van der Waals surface area (Å²) in [5, 5.41) is 5.83. The van der Waals surface area contributed by atoms with Gasteiger partial charge >= 0.3 is 12.1 Å². The van der Waals surface area contributed by atoms with E-state index in [0.717, 1.165) is 12.2 Å². The number of carbonyl (C=O) groups is 2. The Labute approximate surface area is 148 Å². The van der Waals surface area contributed by atoms with Crippen molar-refractivity contribution in [3.63, 3.8) is 0 Å². The first-order valence-electron chi connectivity index (χ1n) is 8.79. The Bertz CT molecular complexity index is 619. The molecule has 2 heterocycles. The van der Waals surface area contributed by atoms with E-state index >= 15 is 0 Å². The molecule has 2 N–H and O–H groups in total. The maximum Gasteiger partial charge on any atom is 0.317 e. The van der Waals surface area contributed by atoms with Crippen LogP contribution in [0.5, 0.6) is 5.75 Å². The minimum Gasteiger partial charge on any atom is -0.497 e. The SMILES string of the molecule is COc1ccc(C(C)CCNC(=O)N2CCN3C(=O)NCC3C2)cc1. The third kappa shape index (κ3) is 3.97. The number of piperazine rings is 1. The van der Waals surface area contributed by atoms with Crippen molar-refractivity contribution < 1.29 is 14.3 Å². The number of benzene rings is 1. The van der Waals surface area contributed by atoms with E-state index in [4.69, 9.17) is 4.74 Å². The molecule has 7 heteroatoms. The van der Waals surface area contributed by atoms with Crippen LogP contribution in [-0.2, 0) is 0 Å². The number of methoxy groups -OCH3 is 1. The second-order valence-electron chi connectivity index (χ2n) is 6.67. The Morgan fingerprint density at radius 2 is 2.12 bits per heavy atom. The second kappa shape index (κ2) is 7.63. The number of nitrogens with one attached hydrogen (secondary N) is 2. The molecule has 2 unspecified atom stereocenters. The Balaban J connectivity index is 1.42. The maximum absolute atomic E-state index is 12.3. The summed E-state index contributed by atoms with van der Waals surface area (Å²) in [5.74, 6) is 1.21. The van der Waals surface area contributed by atoms with Crippen LogP contribution in [0.25, 0.3) is 0 Å². The lowest BCUT2D eigenvalue weighted by molar-refractivity contribution is 0.129. The van der Waals surface area contributed by atoms with E-state index in [9.17, 15) is 9.59 Å². The molecule has 1 aromatic carbocycles. The zero-order valence-corrected chi connectivity index (χ0v) is 14.8. The van der Waals surface area contributed by atoms with E-state index in [1.54, 1.807) is 12.0 Å². The van der Waals surface area contributed by atoms with Crippen LogP contribution in [0.4, 0.5) is 9.59 Å². The summed E-state index contributed by atoms with van der Waals surface area (Å²) in [6, 6.07) is 8.09. The Hall–Kier alpha value is -2.44. The smallest absolute Gasteiger partial charge is 0.317 e. The molecule has 2 fully saturated rings. The molecule has 25 heavy (non-hydrogen) atoms. The highest BCUT2D eigenvalue weighted by molar-refractivity contribution is 5.78. The van der Waals surface area contributed by atoms with Crippen LogP contribution in [0, 0.1) is 0 Å². The molecule has 3 rings (SSSR count). The molecule has 0 aliphatic carbocycles. The van der Waals surface area contributed by atoms with Crippen molar-refractivity contribution >= 4 is 12.1 Å². The van der Waals surface area contributed by atoms with Crippen molar-refractivity contribution in [1.82, 2.24) is 20.4 Å². The molecule has 0 bridgehead atoms. The van der Waals surface area contributed by atoms with Crippen molar-refractivity contribution in [2.45, 2.75) is 25.3 Å². The van der Waals surface area contributed by atoms with Gasteiger partial charge in [-0.15, -0.1) is 0 Å². The monoisotopic (exact) mass is 346 g/mol. The Morgan fingerprint density at radius 3 is 2.84 bits per heavy atom. The van der Waals surface area contributed by atoms with Gasteiger partial charge in [-0.1, -0.05) is 19.1 Å². The number of urea groups is 2. The van der Waals surface area contributed by atoms with Gasteiger partial charge in [-0.05, 0) is 30.0 Å². The van der Waals surface area contributed by atoms with Crippen LogP contribution in [0.15, 0.2) is 24.3 Å². The molecule has 1 aromatic rings. The largest absolute Gasteiger partial charge is 0.497 e. The number of ether oxygens (including phenoxy) is 1. The van der Waals surface area contributed by atoms with Gasteiger partial charge in [-0.25, -0.2) is 9.59 Å². The number of amides is 4. The van der Waals surface area contributed by atoms with Crippen LogP contribution in [0.1, 0.15) is 24.8 Å². The molecule has 0 radical (unpaired) electrons.